The predicted molar refractivity (Wildman–Crippen MR) is 56.9 cm³/mol. The van der Waals surface area contributed by atoms with Gasteiger partial charge in [0.2, 0.25) is 0 Å². The van der Waals surface area contributed by atoms with Gasteiger partial charge in [0.25, 0.3) is 0 Å². The van der Waals surface area contributed by atoms with E-state index in [0.717, 1.165) is 0 Å². The van der Waals surface area contributed by atoms with Gasteiger partial charge in [-0.15, -0.1) is 11.3 Å². The highest BCUT2D eigenvalue weighted by atomic mass is 79.9. The van der Waals surface area contributed by atoms with Gasteiger partial charge in [-0.1, -0.05) is 0 Å². The molecular formula is C9H12BrNS. The molecule has 0 saturated carbocycles. The van der Waals surface area contributed by atoms with Crippen LogP contribution in [0.3, 0.4) is 0 Å². The van der Waals surface area contributed by atoms with Crippen molar-refractivity contribution in [2.24, 2.45) is 0 Å². The molecule has 0 N–H and O–H groups in total. The van der Waals surface area contributed by atoms with Gasteiger partial charge in [0.15, 0.2) is 0 Å². The van der Waals surface area contributed by atoms with Crippen LogP contribution >= 0.6 is 27.3 Å². The minimum absolute atomic E-state index is 1.20. The SMILES string of the molecule is CN1CCc2csc(Br)c2CC1. The van der Waals surface area contributed by atoms with Crippen LogP contribution in [0.1, 0.15) is 11.1 Å². The van der Waals surface area contributed by atoms with Crippen molar-refractivity contribution < 1.29 is 0 Å². The lowest BCUT2D eigenvalue weighted by molar-refractivity contribution is 0.352. The molecule has 66 valence electrons. The van der Waals surface area contributed by atoms with Gasteiger partial charge in [0.1, 0.15) is 0 Å². The molecule has 0 bridgehead atoms. The lowest BCUT2D eigenvalue weighted by Crippen LogP contribution is -2.20. The number of hydrogen-bond acceptors (Lipinski definition) is 2. The van der Waals surface area contributed by atoms with Crippen LogP contribution in [0.5, 0.6) is 0 Å². The van der Waals surface area contributed by atoms with Gasteiger partial charge in [-0.25, -0.2) is 0 Å². The molecule has 1 aromatic heterocycles. The minimum atomic E-state index is 1.20. The van der Waals surface area contributed by atoms with Gasteiger partial charge in [-0.05, 0) is 52.3 Å². The number of thiophene rings is 1. The van der Waals surface area contributed by atoms with Gasteiger partial charge in [0, 0.05) is 13.1 Å². The van der Waals surface area contributed by atoms with Crippen LogP contribution in [-0.4, -0.2) is 25.0 Å². The largest absolute Gasteiger partial charge is 0.306 e. The molecule has 0 unspecified atom stereocenters. The van der Waals surface area contributed by atoms with Gasteiger partial charge in [-0.3, -0.25) is 0 Å². The molecule has 1 aliphatic rings. The first-order chi connectivity index (χ1) is 5.77. The third-order valence-electron chi connectivity index (χ3n) is 2.44. The van der Waals surface area contributed by atoms with Crippen LogP contribution < -0.4 is 0 Å². The van der Waals surface area contributed by atoms with Gasteiger partial charge >= 0.3 is 0 Å². The molecule has 2 rings (SSSR count). The van der Waals surface area contributed by atoms with Crippen LogP contribution in [0.2, 0.25) is 0 Å². The van der Waals surface area contributed by atoms with E-state index in [2.05, 4.69) is 33.3 Å². The average Bonchev–Trinajstić information content (AvgIpc) is 2.28. The second-order valence-corrected chi connectivity index (χ2v) is 5.51. The highest BCUT2D eigenvalue weighted by molar-refractivity contribution is 9.11. The zero-order chi connectivity index (χ0) is 8.55. The molecular weight excluding hydrogens is 234 g/mol. The van der Waals surface area contributed by atoms with E-state index < -0.39 is 0 Å². The molecule has 1 aliphatic heterocycles. The topological polar surface area (TPSA) is 3.24 Å². The highest BCUT2D eigenvalue weighted by Crippen LogP contribution is 2.30. The van der Waals surface area contributed by atoms with Crippen molar-refractivity contribution in [2.45, 2.75) is 12.8 Å². The molecule has 0 radical (unpaired) electrons. The zero-order valence-corrected chi connectivity index (χ0v) is 9.54. The Morgan fingerprint density at radius 1 is 1.42 bits per heavy atom. The minimum Gasteiger partial charge on any atom is -0.306 e. The molecule has 0 amide bonds. The van der Waals surface area contributed by atoms with Gasteiger partial charge in [-0.2, -0.15) is 0 Å². The fourth-order valence-electron chi connectivity index (χ4n) is 1.59. The first-order valence-electron chi connectivity index (χ1n) is 4.20. The molecule has 0 atom stereocenters. The van der Waals surface area contributed by atoms with Crippen LogP contribution in [0.15, 0.2) is 9.17 Å². The fourth-order valence-corrected chi connectivity index (χ4v) is 3.20. The summed E-state index contributed by atoms with van der Waals surface area (Å²) in [5, 5.41) is 2.29. The summed E-state index contributed by atoms with van der Waals surface area (Å²) >= 11 is 5.44. The maximum absolute atomic E-state index is 3.61. The number of rotatable bonds is 0. The Bertz CT molecular complexity index is 282. The van der Waals surface area contributed by atoms with Crippen LogP contribution in [0.25, 0.3) is 0 Å². The predicted octanol–water partition coefficient (Wildman–Crippen LogP) is 2.54. The van der Waals surface area contributed by atoms with E-state index in [1.54, 1.807) is 11.1 Å². The summed E-state index contributed by atoms with van der Waals surface area (Å²) in [5.41, 5.74) is 3.10. The molecule has 2 heterocycles. The summed E-state index contributed by atoms with van der Waals surface area (Å²) in [4.78, 5) is 2.40. The monoisotopic (exact) mass is 245 g/mol. The summed E-state index contributed by atoms with van der Waals surface area (Å²) in [6, 6.07) is 0. The Hall–Kier alpha value is 0.140. The van der Waals surface area contributed by atoms with E-state index in [1.807, 2.05) is 11.3 Å². The lowest BCUT2D eigenvalue weighted by atomic mass is 10.1. The molecule has 12 heavy (non-hydrogen) atoms. The summed E-state index contributed by atoms with van der Waals surface area (Å²) in [6.45, 7) is 2.40. The Morgan fingerprint density at radius 3 is 3.00 bits per heavy atom. The van der Waals surface area contributed by atoms with E-state index in [1.165, 1.54) is 29.7 Å². The number of hydrogen-bond donors (Lipinski definition) is 0. The summed E-state index contributed by atoms with van der Waals surface area (Å²) in [5.74, 6) is 0. The quantitative estimate of drug-likeness (QED) is 0.680. The number of fused-ring (bicyclic) bond motifs is 1. The second kappa shape index (κ2) is 3.48. The zero-order valence-electron chi connectivity index (χ0n) is 7.14. The van der Waals surface area contributed by atoms with Gasteiger partial charge in [0.05, 0.1) is 3.79 Å². The van der Waals surface area contributed by atoms with Crippen LogP contribution in [-0.2, 0) is 12.8 Å². The molecule has 0 aliphatic carbocycles. The summed E-state index contributed by atoms with van der Waals surface area (Å²) in [6.07, 6.45) is 2.42. The smallest absolute Gasteiger partial charge is 0.0733 e. The second-order valence-electron chi connectivity index (χ2n) is 3.32. The average molecular weight is 246 g/mol. The third kappa shape index (κ3) is 1.58. The Kier molecular flexibility index (Phi) is 2.53. The molecule has 1 aromatic rings. The number of nitrogens with zero attached hydrogens (tertiary/aromatic N) is 1. The van der Waals surface area contributed by atoms with Crippen molar-refractivity contribution in [1.29, 1.82) is 0 Å². The molecule has 0 aromatic carbocycles. The van der Waals surface area contributed by atoms with E-state index in [-0.39, 0.29) is 0 Å². The fraction of sp³-hybridized carbons (Fsp3) is 0.556. The highest BCUT2D eigenvalue weighted by Gasteiger charge is 2.14. The van der Waals surface area contributed by atoms with Crippen molar-refractivity contribution >= 4 is 27.3 Å². The normalized spacial score (nSPS) is 18.8. The molecule has 3 heteroatoms. The molecule has 1 nitrogen and oxygen atoms in total. The van der Waals surface area contributed by atoms with E-state index in [9.17, 15) is 0 Å². The van der Waals surface area contributed by atoms with Crippen molar-refractivity contribution in [1.82, 2.24) is 4.90 Å². The maximum Gasteiger partial charge on any atom is 0.0733 e. The summed E-state index contributed by atoms with van der Waals surface area (Å²) in [7, 11) is 2.20. The van der Waals surface area contributed by atoms with Crippen molar-refractivity contribution in [3.05, 3.63) is 20.3 Å². The van der Waals surface area contributed by atoms with Crippen molar-refractivity contribution in [3.63, 3.8) is 0 Å². The lowest BCUT2D eigenvalue weighted by Gasteiger charge is -2.11. The third-order valence-corrected chi connectivity index (χ3v) is 4.33. The maximum atomic E-state index is 3.61. The van der Waals surface area contributed by atoms with Crippen molar-refractivity contribution in [2.75, 3.05) is 20.1 Å². The number of halogens is 1. The van der Waals surface area contributed by atoms with E-state index in [0.29, 0.717) is 0 Å². The van der Waals surface area contributed by atoms with Crippen molar-refractivity contribution in [3.8, 4) is 0 Å². The summed E-state index contributed by atoms with van der Waals surface area (Å²) < 4.78 is 1.34. The van der Waals surface area contributed by atoms with Gasteiger partial charge < -0.3 is 4.90 Å². The van der Waals surface area contributed by atoms with E-state index in [4.69, 9.17) is 0 Å². The molecule has 0 spiro atoms. The van der Waals surface area contributed by atoms with E-state index >= 15 is 0 Å². The van der Waals surface area contributed by atoms with Crippen LogP contribution in [0, 0.1) is 0 Å². The number of likely N-dealkylation sites (N-methyl/N-ethyl adjacent to an activating group) is 1. The molecule has 0 saturated heterocycles. The Labute approximate surface area is 85.5 Å². The first-order valence-corrected chi connectivity index (χ1v) is 5.88. The Morgan fingerprint density at radius 2 is 2.17 bits per heavy atom. The standard InChI is InChI=1S/C9H12BrNS/c1-11-4-2-7-6-12-9(10)8(7)3-5-11/h6H,2-5H2,1H3. The first kappa shape index (κ1) is 8.73. The van der Waals surface area contributed by atoms with Crippen LogP contribution in [0.4, 0.5) is 0 Å². The molecule has 0 fully saturated rings. The Balaban J connectivity index is 2.28.